The molecule has 2 aliphatic rings. The highest BCUT2D eigenvalue weighted by Crippen LogP contribution is 2.42. The Bertz CT molecular complexity index is 524. The van der Waals surface area contributed by atoms with Crippen LogP contribution in [0.3, 0.4) is 0 Å². The molecule has 0 saturated carbocycles. The Morgan fingerprint density at radius 2 is 2.25 bits per heavy atom. The van der Waals surface area contributed by atoms with Gasteiger partial charge in [-0.3, -0.25) is 4.79 Å². The normalized spacial score (nSPS) is 19.7. The molecule has 1 unspecified atom stereocenters. The Balaban J connectivity index is 2.16. The number of hydrogen-bond donors (Lipinski definition) is 0. The van der Waals surface area contributed by atoms with Crippen LogP contribution < -0.4 is 4.74 Å². The van der Waals surface area contributed by atoms with E-state index in [1.165, 1.54) is 18.1 Å². The number of ether oxygens (including phenoxy) is 1. The van der Waals surface area contributed by atoms with Gasteiger partial charge in [0.05, 0.1) is 0 Å². The zero-order valence-corrected chi connectivity index (χ0v) is 9.07. The van der Waals surface area contributed by atoms with Gasteiger partial charge in [0.15, 0.2) is 0 Å². The van der Waals surface area contributed by atoms with Gasteiger partial charge in [-0.2, -0.15) is 0 Å². The summed E-state index contributed by atoms with van der Waals surface area (Å²) in [6.45, 7) is 1.43. The third-order valence-electron chi connectivity index (χ3n) is 3.09. The molecule has 0 N–H and O–H groups in total. The molecule has 3 rings (SSSR count). The average molecular weight is 212 g/mol. The predicted octanol–water partition coefficient (Wildman–Crippen LogP) is 3.14. The summed E-state index contributed by atoms with van der Waals surface area (Å²) >= 11 is 0. The van der Waals surface area contributed by atoms with Crippen molar-refractivity contribution in [2.24, 2.45) is 0 Å². The highest BCUT2D eigenvalue weighted by atomic mass is 16.5. The molecule has 1 atom stereocenters. The molecule has 0 aromatic heterocycles. The summed E-state index contributed by atoms with van der Waals surface area (Å²) in [5.74, 6) is 0.874. The van der Waals surface area contributed by atoms with Crippen molar-refractivity contribution in [3.63, 3.8) is 0 Å². The minimum Gasteiger partial charge on any atom is -0.426 e. The topological polar surface area (TPSA) is 26.3 Å². The summed E-state index contributed by atoms with van der Waals surface area (Å²) in [7, 11) is 0. The van der Waals surface area contributed by atoms with E-state index < -0.39 is 0 Å². The predicted molar refractivity (Wildman–Crippen MR) is 63.2 cm³/mol. The second-order valence-corrected chi connectivity index (χ2v) is 4.18. The maximum absolute atomic E-state index is 11.0. The molecule has 0 saturated heterocycles. The van der Waals surface area contributed by atoms with E-state index in [-0.39, 0.29) is 5.97 Å². The fourth-order valence-corrected chi connectivity index (χ4v) is 2.45. The molecule has 0 heterocycles. The number of carbonyl (C=O) groups excluding carboxylic acids is 1. The Kier molecular flexibility index (Phi) is 1.96. The standard InChI is InChI=1S/C14H12O2/c1-9(15)16-13-8-7-11-6-5-10-3-2-4-12(13)14(10)11/h2,4-8,10H,3H2,1H3. The number of hydrogen-bond acceptors (Lipinski definition) is 2. The first-order valence-corrected chi connectivity index (χ1v) is 5.46. The molecule has 0 aliphatic heterocycles. The fraction of sp³-hybridized carbons (Fsp3) is 0.214. The molecular weight excluding hydrogens is 200 g/mol. The molecule has 0 bridgehead atoms. The van der Waals surface area contributed by atoms with Crippen LogP contribution in [0.5, 0.6) is 5.75 Å². The van der Waals surface area contributed by atoms with Gasteiger partial charge in [-0.25, -0.2) is 0 Å². The van der Waals surface area contributed by atoms with Crippen LogP contribution in [0.25, 0.3) is 12.2 Å². The summed E-state index contributed by atoms with van der Waals surface area (Å²) in [6, 6.07) is 3.89. The maximum Gasteiger partial charge on any atom is 0.308 e. The Hall–Kier alpha value is -1.83. The van der Waals surface area contributed by atoms with E-state index in [4.69, 9.17) is 4.74 Å². The molecule has 2 nitrogen and oxygen atoms in total. The van der Waals surface area contributed by atoms with Crippen LogP contribution in [0.4, 0.5) is 0 Å². The number of benzene rings is 1. The summed E-state index contributed by atoms with van der Waals surface area (Å²) < 4.78 is 5.23. The summed E-state index contributed by atoms with van der Waals surface area (Å²) in [4.78, 5) is 11.0. The van der Waals surface area contributed by atoms with E-state index >= 15 is 0 Å². The van der Waals surface area contributed by atoms with Crippen molar-refractivity contribution in [1.29, 1.82) is 0 Å². The smallest absolute Gasteiger partial charge is 0.308 e. The second-order valence-electron chi connectivity index (χ2n) is 4.18. The number of allylic oxidation sites excluding steroid dienone is 2. The maximum atomic E-state index is 11.0. The fourth-order valence-electron chi connectivity index (χ4n) is 2.45. The van der Waals surface area contributed by atoms with Crippen molar-refractivity contribution < 1.29 is 9.53 Å². The molecular formula is C14H12O2. The van der Waals surface area contributed by atoms with Crippen LogP contribution in [0.2, 0.25) is 0 Å². The Labute approximate surface area is 94.2 Å². The van der Waals surface area contributed by atoms with Crippen molar-refractivity contribution in [1.82, 2.24) is 0 Å². The van der Waals surface area contributed by atoms with Gasteiger partial charge < -0.3 is 4.74 Å². The van der Waals surface area contributed by atoms with Crippen LogP contribution >= 0.6 is 0 Å². The van der Waals surface area contributed by atoms with Gasteiger partial charge in [-0.15, -0.1) is 0 Å². The lowest BCUT2D eigenvalue weighted by Crippen LogP contribution is -2.07. The Morgan fingerprint density at radius 3 is 3.06 bits per heavy atom. The van der Waals surface area contributed by atoms with Gasteiger partial charge >= 0.3 is 5.97 Å². The summed E-state index contributed by atoms with van der Waals surface area (Å²) in [6.07, 6.45) is 9.60. The second kappa shape index (κ2) is 3.34. The molecule has 16 heavy (non-hydrogen) atoms. The van der Waals surface area contributed by atoms with Gasteiger partial charge in [0.2, 0.25) is 0 Å². The van der Waals surface area contributed by atoms with Crippen molar-refractivity contribution in [3.05, 3.63) is 41.0 Å². The zero-order valence-electron chi connectivity index (χ0n) is 9.07. The van der Waals surface area contributed by atoms with Crippen molar-refractivity contribution in [3.8, 4) is 5.75 Å². The number of carbonyl (C=O) groups is 1. The van der Waals surface area contributed by atoms with Crippen molar-refractivity contribution >= 4 is 18.1 Å². The molecule has 2 aliphatic carbocycles. The van der Waals surface area contributed by atoms with Gasteiger partial charge in [-0.1, -0.05) is 30.4 Å². The number of rotatable bonds is 1. The van der Waals surface area contributed by atoms with Crippen molar-refractivity contribution in [2.45, 2.75) is 19.3 Å². The highest BCUT2D eigenvalue weighted by Gasteiger charge is 2.24. The number of esters is 1. The van der Waals surface area contributed by atoms with Gasteiger partial charge in [0, 0.05) is 18.4 Å². The molecule has 0 radical (unpaired) electrons. The van der Waals surface area contributed by atoms with Crippen LogP contribution in [-0.4, -0.2) is 5.97 Å². The molecule has 1 aromatic rings. The van der Waals surface area contributed by atoms with Gasteiger partial charge in [0.25, 0.3) is 0 Å². The van der Waals surface area contributed by atoms with Crippen LogP contribution in [0.1, 0.15) is 36.0 Å². The first-order valence-electron chi connectivity index (χ1n) is 5.46. The van der Waals surface area contributed by atoms with Crippen LogP contribution in [0, 0.1) is 0 Å². The molecule has 0 amide bonds. The zero-order chi connectivity index (χ0) is 11.1. The van der Waals surface area contributed by atoms with Crippen LogP contribution in [0.15, 0.2) is 24.3 Å². The largest absolute Gasteiger partial charge is 0.426 e. The van der Waals surface area contributed by atoms with E-state index in [1.807, 2.05) is 12.1 Å². The van der Waals surface area contributed by atoms with Crippen molar-refractivity contribution in [2.75, 3.05) is 0 Å². The third-order valence-corrected chi connectivity index (χ3v) is 3.09. The third kappa shape index (κ3) is 1.30. The van der Waals surface area contributed by atoms with Gasteiger partial charge in [0.1, 0.15) is 5.75 Å². The Morgan fingerprint density at radius 1 is 1.38 bits per heavy atom. The van der Waals surface area contributed by atoms with E-state index in [1.54, 1.807) is 0 Å². The molecule has 0 spiro atoms. The van der Waals surface area contributed by atoms with Crippen LogP contribution in [-0.2, 0) is 4.79 Å². The highest BCUT2D eigenvalue weighted by molar-refractivity contribution is 5.78. The molecule has 80 valence electrons. The molecule has 0 fully saturated rings. The first-order chi connectivity index (χ1) is 7.75. The van der Waals surface area contributed by atoms with E-state index in [0.29, 0.717) is 11.7 Å². The monoisotopic (exact) mass is 212 g/mol. The molecule has 1 aromatic carbocycles. The van der Waals surface area contributed by atoms with E-state index in [9.17, 15) is 4.79 Å². The lowest BCUT2D eigenvalue weighted by atomic mass is 9.88. The summed E-state index contributed by atoms with van der Waals surface area (Å²) in [5, 5.41) is 0. The van der Waals surface area contributed by atoms with E-state index in [0.717, 1.165) is 12.0 Å². The quantitative estimate of drug-likeness (QED) is 0.528. The SMILES string of the molecule is CC(=O)Oc1ccc2c3c1C=CCC3C=C2. The summed E-state index contributed by atoms with van der Waals surface area (Å²) in [5.41, 5.74) is 3.62. The molecule has 2 heteroatoms. The first kappa shape index (κ1) is 9.40. The van der Waals surface area contributed by atoms with E-state index in [2.05, 4.69) is 24.3 Å². The minimum atomic E-state index is -0.266. The lowest BCUT2D eigenvalue weighted by molar-refractivity contribution is -0.131. The van der Waals surface area contributed by atoms with Gasteiger partial charge in [-0.05, 0) is 23.6 Å². The average Bonchev–Trinajstić information content (AvgIpc) is 2.67. The minimum absolute atomic E-state index is 0.266. The lowest BCUT2D eigenvalue weighted by Gasteiger charge is -2.19.